The zero-order chi connectivity index (χ0) is 18.4. The second-order valence-electron chi connectivity index (χ2n) is 7.83. The lowest BCUT2D eigenvalue weighted by Crippen LogP contribution is -2.53. The third-order valence-corrected chi connectivity index (χ3v) is 6.39. The van der Waals surface area contributed by atoms with E-state index in [9.17, 15) is 5.11 Å². The highest BCUT2D eigenvalue weighted by Crippen LogP contribution is 2.25. The highest BCUT2D eigenvalue weighted by Gasteiger charge is 2.27. The monoisotopic (exact) mass is 382 g/mol. The smallest absolute Gasteiger partial charge is 0.185 e. The molecule has 2 saturated heterocycles. The van der Waals surface area contributed by atoms with Crippen LogP contribution in [-0.2, 0) is 11.3 Å². The standard InChI is InChI=1S/C19H34N4O2S/c1-16(2)3-5-22-7-6-21(14-17(22)4-10-24)15-18-13-20-19(26-18)23-8-11-25-12-9-23/h13,16-17,24H,3-12,14-15H2,1-2H3/t17-/m1/s1. The van der Waals surface area contributed by atoms with Gasteiger partial charge in [0, 0.05) is 63.0 Å². The van der Waals surface area contributed by atoms with Crippen LogP contribution in [0.2, 0.25) is 0 Å². The van der Waals surface area contributed by atoms with Gasteiger partial charge in [0.25, 0.3) is 0 Å². The van der Waals surface area contributed by atoms with Gasteiger partial charge in [-0.2, -0.15) is 0 Å². The van der Waals surface area contributed by atoms with Crippen LogP contribution in [0.4, 0.5) is 5.13 Å². The van der Waals surface area contributed by atoms with Crippen LogP contribution in [0.1, 0.15) is 31.6 Å². The summed E-state index contributed by atoms with van der Waals surface area (Å²) in [7, 11) is 0. The summed E-state index contributed by atoms with van der Waals surface area (Å²) >= 11 is 1.82. The molecule has 0 amide bonds. The van der Waals surface area contributed by atoms with Crippen LogP contribution in [0.25, 0.3) is 0 Å². The SMILES string of the molecule is CC(C)CCN1CCN(Cc2cnc(N3CCOCC3)s2)C[C@H]1CCO. The first kappa shape index (κ1) is 20.0. The number of hydrogen-bond acceptors (Lipinski definition) is 7. The topological polar surface area (TPSA) is 52.1 Å². The summed E-state index contributed by atoms with van der Waals surface area (Å²) in [5.74, 6) is 0.735. The van der Waals surface area contributed by atoms with Crippen molar-refractivity contribution in [3.8, 4) is 0 Å². The number of piperazine rings is 1. The first-order valence-corrected chi connectivity index (χ1v) is 10.8. The van der Waals surface area contributed by atoms with E-state index in [1.54, 1.807) is 0 Å². The molecular weight excluding hydrogens is 348 g/mol. The van der Waals surface area contributed by atoms with E-state index in [1.165, 1.54) is 11.3 Å². The van der Waals surface area contributed by atoms with Gasteiger partial charge in [0.1, 0.15) is 0 Å². The molecule has 1 atom stereocenters. The molecule has 7 heteroatoms. The van der Waals surface area contributed by atoms with Crippen molar-refractivity contribution in [1.82, 2.24) is 14.8 Å². The molecule has 3 heterocycles. The molecule has 148 valence electrons. The molecule has 0 aromatic carbocycles. The van der Waals surface area contributed by atoms with E-state index in [2.05, 4.69) is 33.5 Å². The van der Waals surface area contributed by atoms with Crippen LogP contribution >= 0.6 is 11.3 Å². The van der Waals surface area contributed by atoms with Crippen molar-refractivity contribution in [2.45, 2.75) is 39.3 Å². The summed E-state index contributed by atoms with van der Waals surface area (Å²) in [6.07, 6.45) is 4.15. The molecule has 1 N–H and O–H groups in total. The van der Waals surface area contributed by atoms with Crippen molar-refractivity contribution < 1.29 is 9.84 Å². The van der Waals surface area contributed by atoms with Crippen molar-refractivity contribution in [2.24, 2.45) is 5.92 Å². The second-order valence-corrected chi connectivity index (χ2v) is 8.92. The predicted molar refractivity (Wildman–Crippen MR) is 107 cm³/mol. The number of aromatic nitrogens is 1. The average Bonchev–Trinajstić information content (AvgIpc) is 3.10. The van der Waals surface area contributed by atoms with Crippen molar-refractivity contribution in [3.05, 3.63) is 11.1 Å². The molecule has 1 aromatic rings. The summed E-state index contributed by atoms with van der Waals surface area (Å²) in [6, 6.07) is 0.471. The van der Waals surface area contributed by atoms with E-state index in [0.29, 0.717) is 6.04 Å². The molecule has 2 aliphatic rings. The number of morpholine rings is 1. The van der Waals surface area contributed by atoms with E-state index in [0.717, 1.165) is 76.5 Å². The molecule has 6 nitrogen and oxygen atoms in total. The van der Waals surface area contributed by atoms with Gasteiger partial charge in [-0.3, -0.25) is 9.80 Å². The molecule has 0 radical (unpaired) electrons. The van der Waals surface area contributed by atoms with Crippen LogP contribution in [0.15, 0.2) is 6.20 Å². The molecule has 3 rings (SSSR count). The Morgan fingerprint density at radius 3 is 2.81 bits per heavy atom. The van der Waals surface area contributed by atoms with Crippen LogP contribution in [0.5, 0.6) is 0 Å². The number of aliphatic hydroxyl groups excluding tert-OH is 1. The van der Waals surface area contributed by atoms with Gasteiger partial charge in [-0.1, -0.05) is 13.8 Å². The Hall–Kier alpha value is -0.730. The third kappa shape index (κ3) is 5.63. The van der Waals surface area contributed by atoms with Crippen molar-refractivity contribution in [1.29, 1.82) is 0 Å². The number of nitrogens with zero attached hydrogens (tertiary/aromatic N) is 4. The molecular formula is C19H34N4O2S. The lowest BCUT2D eigenvalue weighted by molar-refractivity contribution is 0.0528. The lowest BCUT2D eigenvalue weighted by Gasteiger charge is -2.41. The minimum absolute atomic E-state index is 0.276. The number of ether oxygens (including phenoxy) is 1. The van der Waals surface area contributed by atoms with Crippen molar-refractivity contribution in [3.63, 3.8) is 0 Å². The van der Waals surface area contributed by atoms with Gasteiger partial charge in [0.2, 0.25) is 0 Å². The Morgan fingerprint density at radius 2 is 2.08 bits per heavy atom. The summed E-state index contributed by atoms with van der Waals surface area (Å²) in [5, 5.41) is 10.6. The van der Waals surface area contributed by atoms with Gasteiger partial charge in [-0.25, -0.2) is 4.98 Å². The van der Waals surface area contributed by atoms with E-state index in [1.807, 2.05) is 17.5 Å². The fourth-order valence-electron chi connectivity index (χ4n) is 3.73. The van der Waals surface area contributed by atoms with Gasteiger partial charge in [-0.05, 0) is 25.3 Å². The first-order chi connectivity index (χ1) is 12.7. The molecule has 0 aliphatic carbocycles. The van der Waals surface area contributed by atoms with Crippen LogP contribution in [-0.4, -0.2) is 85.0 Å². The van der Waals surface area contributed by atoms with Crippen LogP contribution < -0.4 is 4.90 Å². The normalized spacial score (nSPS) is 23.1. The number of anilines is 1. The second kappa shape index (κ2) is 9.99. The van der Waals surface area contributed by atoms with Crippen LogP contribution in [0, 0.1) is 5.92 Å². The fourth-order valence-corrected chi connectivity index (χ4v) is 4.74. The molecule has 1 aromatic heterocycles. The maximum Gasteiger partial charge on any atom is 0.185 e. The Labute approximate surface area is 161 Å². The van der Waals surface area contributed by atoms with Gasteiger partial charge in [-0.15, -0.1) is 11.3 Å². The highest BCUT2D eigenvalue weighted by molar-refractivity contribution is 7.15. The maximum atomic E-state index is 9.47. The summed E-state index contributed by atoms with van der Waals surface area (Å²) < 4.78 is 5.43. The molecule has 0 unspecified atom stereocenters. The van der Waals surface area contributed by atoms with E-state index in [-0.39, 0.29) is 6.61 Å². The fraction of sp³-hybridized carbons (Fsp3) is 0.842. The maximum absolute atomic E-state index is 9.47. The Bertz CT molecular complexity index is 533. The van der Waals surface area contributed by atoms with Crippen molar-refractivity contribution in [2.75, 3.05) is 64.0 Å². The first-order valence-electron chi connectivity index (χ1n) is 10.0. The Balaban J connectivity index is 1.52. The molecule has 0 bridgehead atoms. The lowest BCUT2D eigenvalue weighted by atomic mass is 10.1. The quantitative estimate of drug-likeness (QED) is 0.741. The number of hydrogen-bond donors (Lipinski definition) is 1. The average molecular weight is 383 g/mol. The van der Waals surface area contributed by atoms with Gasteiger partial charge in [0.15, 0.2) is 5.13 Å². The van der Waals surface area contributed by atoms with Gasteiger partial charge >= 0.3 is 0 Å². The molecule has 2 aliphatic heterocycles. The van der Waals surface area contributed by atoms with Crippen LogP contribution in [0.3, 0.4) is 0 Å². The van der Waals surface area contributed by atoms with Crippen molar-refractivity contribution >= 4 is 16.5 Å². The Kier molecular flexibility index (Phi) is 7.69. The third-order valence-electron chi connectivity index (χ3n) is 5.35. The molecule has 26 heavy (non-hydrogen) atoms. The number of aliphatic hydroxyl groups is 1. The predicted octanol–water partition coefficient (Wildman–Crippen LogP) is 1.89. The van der Waals surface area contributed by atoms with E-state index < -0.39 is 0 Å². The summed E-state index contributed by atoms with van der Waals surface area (Å²) in [4.78, 5) is 13.4. The van der Waals surface area contributed by atoms with E-state index in [4.69, 9.17) is 4.74 Å². The largest absolute Gasteiger partial charge is 0.396 e. The Morgan fingerprint density at radius 1 is 1.27 bits per heavy atom. The minimum Gasteiger partial charge on any atom is -0.396 e. The molecule has 0 saturated carbocycles. The van der Waals surface area contributed by atoms with E-state index >= 15 is 0 Å². The summed E-state index contributed by atoms with van der Waals surface area (Å²) in [6.45, 7) is 13.7. The number of rotatable bonds is 8. The zero-order valence-electron chi connectivity index (χ0n) is 16.3. The molecule has 0 spiro atoms. The summed E-state index contributed by atoms with van der Waals surface area (Å²) in [5.41, 5.74) is 0. The minimum atomic E-state index is 0.276. The highest BCUT2D eigenvalue weighted by atomic mass is 32.1. The van der Waals surface area contributed by atoms with Gasteiger partial charge < -0.3 is 14.7 Å². The zero-order valence-corrected chi connectivity index (χ0v) is 17.1. The van der Waals surface area contributed by atoms with Gasteiger partial charge in [0.05, 0.1) is 13.2 Å². The number of thiazole rings is 1. The molecule has 2 fully saturated rings.